The molecule has 1 aromatic heterocycles. The molecule has 0 fully saturated rings. The maximum atomic E-state index is 13.6. The van der Waals surface area contributed by atoms with Crippen LogP contribution in [0.4, 0.5) is 0 Å². The Kier molecular flexibility index (Phi) is 6.24. The number of ketones is 1. The van der Waals surface area contributed by atoms with Gasteiger partial charge in [0.1, 0.15) is 5.75 Å². The van der Waals surface area contributed by atoms with E-state index in [4.69, 9.17) is 16.3 Å². The number of halogens is 1. The van der Waals surface area contributed by atoms with Crippen molar-refractivity contribution in [3.63, 3.8) is 0 Å². The number of aryl methyl sites for hydroxylation is 1. The molecule has 34 heavy (non-hydrogen) atoms. The molecule has 1 N–H and O–H groups in total. The van der Waals surface area contributed by atoms with E-state index in [2.05, 4.69) is 4.57 Å². The largest absolute Gasteiger partial charge is 0.478 e. The zero-order valence-corrected chi connectivity index (χ0v) is 20.3. The average Bonchev–Trinajstić information content (AvgIpc) is 3.05. The molecule has 0 spiro atoms. The van der Waals surface area contributed by atoms with Crippen molar-refractivity contribution in [2.24, 2.45) is 0 Å². The normalized spacial score (nSPS) is 11.6. The number of carboxylic acid groups (broad SMARTS) is 1. The molecular formula is C28H26ClNO4. The number of aromatic nitrogens is 1. The fourth-order valence-electron chi connectivity index (χ4n) is 3.97. The van der Waals surface area contributed by atoms with Gasteiger partial charge < -0.3 is 14.4 Å². The summed E-state index contributed by atoms with van der Waals surface area (Å²) in [6.45, 7) is 7.44. The zero-order valence-electron chi connectivity index (χ0n) is 19.6. The summed E-state index contributed by atoms with van der Waals surface area (Å²) in [5.74, 6) is -0.698. The first-order valence-corrected chi connectivity index (χ1v) is 11.4. The zero-order chi connectivity index (χ0) is 24.6. The number of ether oxygens (including phenoxy) is 1. The number of aliphatic carboxylic acids is 1. The van der Waals surface area contributed by atoms with Gasteiger partial charge in [-0.3, -0.25) is 4.79 Å². The van der Waals surface area contributed by atoms with Gasteiger partial charge in [-0.05, 0) is 57.5 Å². The van der Waals surface area contributed by atoms with Crippen molar-refractivity contribution in [2.75, 3.05) is 0 Å². The average molecular weight is 476 g/mol. The number of hydrogen-bond donors (Lipinski definition) is 1. The Morgan fingerprint density at radius 2 is 1.62 bits per heavy atom. The lowest BCUT2D eigenvalue weighted by molar-refractivity contribution is -0.152. The van der Waals surface area contributed by atoms with Crippen LogP contribution in [0.2, 0.25) is 5.02 Å². The Balaban J connectivity index is 1.87. The molecule has 0 bridgehead atoms. The van der Waals surface area contributed by atoms with E-state index in [0.717, 1.165) is 27.7 Å². The van der Waals surface area contributed by atoms with Gasteiger partial charge in [0, 0.05) is 34.3 Å². The minimum absolute atomic E-state index is 0.0584. The second-order valence-corrected chi connectivity index (χ2v) is 9.40. The molecule has 0 aliphatic heterocycles. The third-order valence-corrected chi connectivity index (χ3v) is 6.23. The quantitative estimate of drug-likeness (QED) is 0.312. The summed E-state index contributed by atoms with van der Waals surface area (Å²) in [4.78, 5) is 25.1. The van der Waals surface area contributed by atoms with Crippen molar-refractivity contribution in [3.8, 4) is 5.75 Å². The lowest BCUT2D eigenvalue weighted by Crippen LogP contribution is -2.37. The first-order valence-electron chi connectivity index (χ1n) is 11.0. The van der Waals surface area contributed by atoms with Crippen molar-refractivity contribution in [3.05, 3.63) is 99.7 Å². The van der Waals surface area contributed by atoms with Gasteiger partial charge in [0.2, 0.25) is 0 Å². The van der Waals surface area contributed by atoms with E-state index in [1.165, 1.54) is 13.8 Å². The van der Waals surface area contributed by atoms with E-state index in [9.17, 15) is 14.7 Å². The van der Waals surface area contributed by atoms with Gasteiger partial charge in [-0.25, -0.2) is 4.79 Å². The van der Waals surface area contributed by atoms with Crippen LogP contribution in [0.15, 0.2) is 66.7 Å². The summed E-state index contributed by atoms with van der Waals surface area (Å²) in [6.07, 6.45) is 0. The van der Waals surface area contributed by atoms with E-state index in [1.807, 2.05) is 68.4 Å². The molecule has 0 saturated carbocycles. The van der Waals surface area contributed by atoms with Crippen molar-refractivity contribution in [1.29, 1.82) is 0 Å². The number of fused-ring (bicyclic) bond motifs is 1. The minimum atomic E-state index is -1.39. The summed E-state index contributed by atoms with van der Waals surface area (Å²) in [5, 5.41) is 10.9. The fraction of sp³-hybridized carbons (Fsp3) is 0.214. The first kappa shape index (κ1) is 23.6. The topological polar surface area (TPSA) is 68.5 Å². The molecule has 0 aliphatic rings. The Morgan fingerprint density at radius 1 is 0.971 bits per heavy atom. The SMILES string of the molecule is Cc1ccc(C(=O)c2c(C)n(Cc3ccc(Cl)cc3)c3cc(OC(C)(C)C(=O)O)ccc23)cc1. The molecule has 0 saturated heterocycles. The molecule has 0 atom stereocenters. The van der Waals surface area contributed by atoms with Gasteiger partial charge in [0.25, 0.3) is 0 Å². The van der Waals surface area contributed by atoms with E-state index in [0.29, 0.717) is 28.4 Å². The van der Waals surface area contributed by atoms with Crippen LogP contribution in [0.5, 0.6) is 5.75 Å². The van der Waals surface area contributed by atoms with Crippen molar-refractivity contribution >= 4 is 34.3 Å². The van der Waals surface area contributed by atoms with Crippen LogP contribution in [-0.2, 0) is 11.3 Å². The molecule has 0 aliphatic carbocycles. The number of benzene rings is 3. The maximum absolute atomic E-state index is 13.6. The van der Waals surface area contributed by atoms with Crippen molar-refractivity contribution in [1.82, 2.24) is 4.57 Å². The second-order valence-electron chi connectivity index (χ2n) is 8.96. The standard InChI is InChI=1S/C28H26ClNO4/c1-17-5-9-20(10-6-17)26(31)25-18(2)30(16-19-7-11-21(29)12-8-19)24-15-22(13-14-23(24)25)34-28(3,4)27(32)33/h5-15H,16H2,1-4H3,(H,32,33). The lowest BCUT2D eigenvalue weighted by atomic mass is 9.99. The molecule has 3 aromatic carbocycles. The van der Waals surface area contributed by atoms with Gasteiger partial charge in [-0.15, -0.1) is 0 Å². The van der Waals surface area contributed by atoms with Gasteiger partial charge >= 0.3 is 5.97 Å². The molecule has 4 aromatic rings. The Bertz CT molecular complexity index is 1380. The molecular weight excluding hydrogens is 450 g/mol. The number of hydrogen-bond acceptors (Lipinski definition) is 3. The molecule has 0 amide bonds. The van der Waals surface area contributed by atoms with Crippen LogP contribution < -0.4 is 4.74 Å². The van der Waals surface area contributed by atoms with Crippen molar-refractivity contribution < 1.29 is 19.4 Å². The highest BCUT2D eigenvalue weighted by Crippen LogP contribution is 2.33. The van der Waals surface area contributed by atoms with E-state index in [1.54, 1.807) is 12.1 Å². The highest BCUT2D eigenvalue weighted by molar-refractivity contribution is 6.30. The van der Waals surface area contributed by atoms with Crippen LogP contribution in [0.25, 0.3) is 10.9 Å². The third kappa shape index (κ3) is 4.57. The van der Waals surface area contributed by atoms with E-state index in [-0.39, 0.29) is 5.78 Å². The Morgan fingerprint density at radius 3 is 2.24 bits per heavy atom. The number of carboxylic acids is 1. The smallest absolute Gasteiger partial charge is 0.347 e. The third-order valence-electron chi connectivity index (χ3n) is 5.98. The van der Waals surface area contributed by atoms with Crippen LogP contribution in [0.1, 0.15) is 46.6 Å². The summed E-state index contributed by atoms with van der Waals surface area (Å²) < 4.78 is 7.84. The number of carbonyl (C=O) groups is 2. The fourth-order valence-corrected chi connectivity index (χ4v) is 4.10. The van der Waals surface area contributed by atoms with E-state index < -0.39 is 11.6 Å². The molecule has 0 radical (unpaired) electrons. The number of rotatable bonds is 7. The monoisotopic (exact) mass is 475 g/mol. The van der Waals surface area contributed by atoms with Gasteiger partial charge in [-0.2, -0.15) is 0 Å². The van der Waals surface area contributed by atoms with Gasteiger partial charge in [0.15, 0.2) is 11.4 Å². The van der Waals surface area contributed by atoms with Gasteiger partial charge in [0.05, 0.1) is 11.1 Å². The molecule has 6 heteroatoms. The molecule has 0 unspecified atom stereocenters. The Labute approximate surface area is 203 Å². The van der Waals surface area contributed by atoms with Crippen LogP contribution in [0, 0.1) is 13.8 Å². The highest BCUT2D eigenvalue weighted by Gasteiger charge is 2.30. The summed E-state index contributed by atoms with van der Waals surface area (Å²) in [5.41, 5.74) is 3.57. The van der Waals surface area contributed by atoms with Crippen LogP contribution in [0.3, 0.4) is 0 Å². The number of nitrogens with zero attached hydrogens (tertiary/aromatic N) is 1. The molecule has 1 heterocycles. The number of carbonyl (C=O) groups excluding carboxylic acids is 1. The summed E-state index contributed by atoms with van der Waals surface area (Å²) >= 11 is 6.06. The molecule has 5 nitrogen and oxygen atoms in total. The predicted octanol–water partition coefficient (Wildman–Crippen LogP) is 6.43. The van der Waals surface area contributed by atoms with Crippen LogP contribution in [-0.4, -0.2) is 27.0 Å². The molecule has 4 rings (SSSR count). The summed E-state index contributed by atoms with van der Waals surface area (Å²) in [7, 11) is 0. The minimum Gasteiger partial charge on any atom is -0.478 e. The van der Waals surface area contributed by atoms with Crippen LogP contribution >= 0.6 is 11.6 Å². The van der Waals surface area contributed by atoms with Gasteiger partial charge in [-0.1, -0.05) is 53.6 Å². The molecule has 174 valence electrons. The Hall–Kier alpha value is -3.57. The maximum Gasteiger partial charge on any atom is 0.347 e. The predicted molar refractivity (Wildman–Crippen MR) is 134 cm³/mol. The van der Waals surface area contributed by atoms with E-state index >= 15 is 0 Å². The van der Waals surface area contributed by atoms with Crippen molar-refractivity contribution in [2.45, 2.75) is 39.8 Å². The lowest BCUT2D eigenvalue weighted by Gasteiger charge is -2.21. The highest BCUT2D eigenvalue weighted by atomic mass is 35.5. The second kappa shape index (κ2) is 8.99. The summed E-state index contributed by atoms with van der Waals surface area (Å²) in [6, 6.07) is 20.4. The first-order chi connectivity index (χ1) is 16.1.